The Morgan fingerprint density at radius 3 is 2.42 bits per heavy atom. The molecule has 26 heavy (non-hydrogen) atoms. The molecule has 1 amide bonds. The van der Waals surface area contributed by atoms with Crippen molar-refractivity contribution in [1.29, 1.82) is 5.26 Å². The van der Waals surface area contributed by atoms with E-state index in [9.17, 15) is 22.8 Å². The van der Waals surface area contributed by atoms with Gasteiger partial charge in [-0.2, -0.15) is 18.4 Å². The van der Waals surface area contributed by atoms with Crippen LogP contribution < -0.4 is 5.32 Å². The van der Waals surface area contributed by atoms with Crippen LogP contribution in [0.4, 0.5) is 18.9 Å². The molecule has 0 heterocycles. The SMILES string of the molecule is N#C/C(=C/c1ccccc1C(=O)O)C(=O)Nc1cccc(C(F)(F)F)c1. The minimum absolute atomic E-state index is 0.118. The van der Waals surface area contributed by atoms with Gasteiger partial charge in [0.2, 0.25) is 0 Å². The van der Waals surface area contributed by atoms with Gasteiger partial charge in [-0.15, -0.1) is 0 Å². The van der Waals surface area contributed by atoms with Gasteiger partial charge in [-0.25, -0.2) is 4.79 Å². The molecule has 0 aliphatic carbocycles. The average Bonchev–Trinajstić information content (AvgIpc) is 2.59. The van der Waals surface area contributed by atoms with Crippen LogP contribution in [0.15, 0.2) is 54.1 Å². The first-order chi connectivity index (χ1) is 12.2. The summed E-state index contributed by atoms with van der Waals surface area (Å²) in [6.07, 6.45) is -3.51. The quantitative estimate of drug-likeness (QED) is 0.638. The first kappa shape index (κ1) is 18.7. The van der Waals surface area contributed by atoms with E-state index in [-0.39, 0.29) is 16.8 Å². The maximum Gasteiger partial charge on any atom is 0.416 e. The second-order valence-corrected chi connectivity index (χ2v) is 5.09. The lowest BCUT2D eigenvalue weighted by molar-refractivity contribution is -0.137. The maximum absolute atomic E-state index is 12.7. The molecule has 132 valence electrons. The highest BCUT2D eigenvalue weighted by molar-refractivity contribution is 6.10. The third-order valence-corrected chi connectivity index (χ3v) is 3.30. The molecule has 0 bridgehead atoms. The summed E-state index contributed by atoms with van der Waals surface area (Å²) in [7, 11) is 0. The fourth-order valence-corrected chi connectivity index (χ4v) is 2.09. The summed E-state index contributed by atoms with van der Waals surface area (Å²) in [4.78, 5) is 23.3. The van der Waals surface area contributed by atoms with Gasteiger partial charge < -0.3 is 10.4 Å². The van der Waals surface area contributed by atoms with Gasteiger partial charge in [0.05, 0.1) is 11.1 Å². The molecule has 0 spiro atoms. The molecule has 2 rings (SSSR count). The Kier molecular flexibility index (Phi) is 5.42. The van der Waals surface area contributed by atoms with E-state index >= 15 is 0 Å². The summed E-state index contributed by atoms with van der Waals surface area (Å²) in [6, 6.07) is 11.3. The molecular formula is C18H11F3N2O3. The third-order valence-electron chi connectivity index (χ3n) is 3.30. The van der Waals surface area contributed by atoms with E-state index in [1.54, 1.807) is 6.07 Å². The van der Waals surface area contributed by atoms with E-state index in [2.05, 4.69) is 5.32 Å². The molecule has 0 aliphatic rings. The number of nitriles is 1. The molecule has 0 radical (unpaired) electrons. The van der Waals surface area contributed by atoms with E-state index in [1.165, 1.54) is 30.3 Å². The number of hydrogen-bond donors (Lipinski definition) is 2. The summed E-state index contributed by atoms with van der Waals surface area (Å²) >= 11 is 0. The van der Waals surface area contributed by atoms with Gasteiger partial charge in [-0.1, -0.05) is 24.3 Å². The number of carbonyl (C=O) groups excluding carboxylic acids is 1. The minimum atomic E-state index is -4.57. The number of rotatable bonds is 4. The topological polar surface area (TPSA) is 90.2 Å². The number of carbonyl (C=O) groups is 2. The number of nitrogens with zero attached hydrogens (tertiary/aromatic N) is 1. The molecular weight excluding hydrogens is 349 g/mol. The van der Waals surface area contributed by atoms with Crippen molar-refractivity contribution >= 4 is 23.6 Å². The fourth-order valence-electron chi connectivity index (χ4n) is 2.09. The van der Waals surface area contributed by atoms with E-state index < -0.39 is 29.2 Å². The summed E-state index contributed by atoms with van der Waals surface area (Å²) in [6.45, 7) is 0. The summed E-state index contributed by atoms with van der Waals surface area (Å²) in [5.41, 5.74) is -1.54. The maximum atomic E-state index is 12.7. The zero-order valence-corrected chi connectivity index (χ0v) is 13.0. The molecule has 0 atom stereocenters. The van der Waals surface area contributed by atoms with Crippen molar-refractivity contribution in [3.8, 4) is 6.07 Å². The van der Waals surface area contributed by atoms with Crippen LogP contribution >= 0.6 is 0 Å². The minimum Gasteiger partial charge on any atom is -0.478 e. The highest BCUT2D eigenvalue weighted by Gasteiger charge is 2.30. The van der Waals surface area contributed by atoms with Crippen molar-refractivity contribution in [2.75, 3.05) is 5.32 Å². The number of anilines is 1. The third kappa shape index (κ3) is 4.48. The monoisotopic (exact) mass is 360 g/mol. The Bertz CT molecular complexity index is 928. The van der Waals surface area contributed by atoms with Crippen LogP contribution in [0, 0.1) is 11.3 Å². The lowest BCUT2D eigenvalue weighted by Crippen LogP contribution is -2.14. The highest BCUT2D eigenvalue weighted by atomic mass is 19.4. The molecule has 0 saturated heterocycles. The molecule has 5 nitrogen and oxygen atoms in total. The molecule has 2 N–H and O–H groups in total. The lowest BCUT2D eigenvalue weighted by atomic mass is 10.0. The normalized spacial score (nSPS) is 11.5. The highest BCUT2D eigenvalue weighted by Crippen LogP contribution is 2.30. The molecule has 0 aliphatic heterocycles. The van der Waals surface area contributed by atoms with Crippen molar-refractivity contribution in [3.05, 3.63) is 70.8 Å². The second-order valence-electron chi connectivity index (χ2n) is 5.09. The average molecular weight is 360 g/mol. The van der Waals surface area contributed by atoms with Gasteiger partial charge in [-0.05, 0) is 35.9 Å². The largest absolute Gasteiger partial charge is 0.478 e. The fraction of sp³-hybridized carbons (Fsp3) is 0.0556. The molecule has 8 heteroatoms. The molecule has 0 fully saturated rings. The predicted molar refractivity (Wildman–Crippen MR) is 87.1 cm³/mol. The number of amides is 1. The van der Waals surface area contributed by atoms with Gasteiger partial charge in [0.1, 0.15) is 11.6 Å². The summed E-state index contributed by atoms with van der Waals surface area (Å²) in [5.74, 6) is -2.19. The van der Waals surface area contributed by atoms with Crippen molar-refractivity contribution in [1.82, 2.24) is 0 Å². The number of alkyl halides is 3. The summed E-state index contributed by atoms with van der Waals surface area (Å²) < 4.78 is 38.1. The lowest BCUT2D eigenvalue weighted by Gasteiger charge is -2.09. The predicted octanol–water partition coefficient (Wildman–Crippen LogP) is 3.95. The zero-order valence-electron chi connectivity index (χ0n) is 13.0. The first-order valence-electron chi connectivity index (χ1n) is 7.15. The number of carboxylic acids is 1. The number of hydrogen-bond acceptors (Lipinski definition) is 3. The van der Waals surface area contributed by atoms with Crippen LogP contribution in [0.3, 0.4) is 0 Å². The number of aromatic carboxylic acids is 1. The number of nitrogens with one attached hydrogen (secondary N) is 1. The first-order valence-corrected chi connectivity index (χ1v) is 7.15. The molecule has 0 unspecified atom stereocenters. The van der Waals surface area contributed by atoms with E-state index in [0.717, 1.165) is 24.3 Å². The Labute approximate surface area is 146 Å². The molecule has 0 aromatic heterocycles. The zero-order chi connectivity index (χ0) is 19.3. The smallest absolute Gasteiger partial charge is 0.416 e. The van der Waals surface area contributed by atoms with Crippen molar-refractivity contribution in [2.45, 2.75) is 6.18 Å². The molecule has 2 aromatic carbocycles. The Morgan fingerprint density at radius 1 is 1.12 bits per heavy atom. The van der Waals surface area contributed by atoms with Crippen LogP contribution in [0.5, 0.6) is 0 Å². The van der Waals surface area contributed by atoms with E-state index in [0.29, 0.717) is 0 Å². The van der Waals surface area contributed by atoms with Crippen LogP contribution in [0.2, 0.25) is 0 Å². The number of benzene rings is 2. The number of halogens is 3. The van der Waals surface area contributed by atoms with Crippen molar-refractivity contribution in [2.24, 2.45) is 0 Å². The summed E-state index contributed by atoms with van der Waals surface area (Å²) in [5, 5.41) is 20.5. The van der Waals surface area contributed by atoms with Crippen LogP contribution in [-0.4, -0.2) is 17.0 Å². The van der Waals surface area contributed by atoms with E-state index in [1.807, 2.05) is 0 Å². The van der Waals surface area contributed by atoms with Crippen LogP contribution in [-0.2, 0) is 11.0 Å². The van der Waals surface area contributed by atoms with Crippen molar-refractivity contribution in [3.63, 3.8) is 0 Å². The Hall–Kier alpha value is -3.60. The van der Waals surface area contributed by atoms with Gasteiger partial charge in [0.15, 0.2) is 0 Å². The Balaban J connectivity index is 2.31. The second kappa shape index (κ2) is 7.53. The molecule has 0 saturated carbocycles. The van der Waals surface area contributed by atoms with Crippen LogP contribution in [0.1, 0.15) is 21.5 Å². The van der Waals surface area contributed by atoms with Crippen molar-refractivity contribution < 1.29 is 27.9 Å². The Morgan fingerprint density at radius 2 is 1.81 bits per heavy atom. The van der Waals surface area contributed by atoms with Gasteiger partial charge in [0, 0.05) is 5.69 Å². The van der Waals surface area contributed by atoms with E-state index in [4.69, 9.17) is 10.4 Å². The van der Waals surface area contributed by atoms with Gasteiger partial charge in [-0.3, -0.25) is 4.79 Å². The van der Waals surface area contributed by atoms with Crippen LogP contribution in [0.25, 0.3) is 6.08 Å². The van der Waals surface area contributed by atoms with Gasteiger partial charge >= 0.3 is 12.1 Å². The standard InChI is InChI=1S/C18H11F3N2O3/c19-18(20,21)13-5-3-6-14(9-13)23-16(24)12(10-22)8-11-4-1-2-7-15(11)17(25)26/h1-9H,(H,23,24)(H,25,26)/b12-8-. The van der Waals surface area contributed by atoms with Gasteiger partial charge in [0.25, 0.3) is 5.91 Å². The molecule has 2 aromatic rings. The number of carboxylic acid groups (broad SMARTS) is 1.